The molecule has 2 rings (SSSR count). The predicted octanol–water partition coefficient (Wildman–Crippen LogP) is 1.88. The predicted molar refractivity (Wildman–Crippen MR) is 75.5 cm³/mol. The smallest absolute Gasteiger partial charge is 0.182 e. The molecule has 106 valence electrons. The second-order valence-corrected chi connectivity index (χ2v) is 7.54. The first kappa shape index (κ1) is 15.1. The molecule has 1 fully saturated rings. The van der Waals surface area contributed by atoms with Gasteiger partial charge in [-0.1, -0.05) is 23.2 Å². The first-order chi connectivity index (χ1) is 8.88. The summed E-state index contributed by atoms with van der Waals surface area (Å²) in [4.78, 5) is -0.0351. The minimum Gasteiger partial charge on any atom is -0.391 e. The summed E-state index contributed by atoms with van der Waals surface area (Å²) in [5.74, 6) is -0.368. The molecule has 1 aromatic carbocycles. The van der Waals surface area contributed by atoms with Gasteiger partial charge in [-0.25, -0.2) is 8.42 Å². The van der Waals surface area contributed by atoms with Gasteiger partial charge < -0.3 is 10.4 Å². The van der Waals surface area contributed by atoms with E-state index in [0.29, 0.717) is 11.1 Å². The fourth-order valence-corrected chi connectivity index (χ4v) is 3.89. The summed E-state index contributed by atoms with van der Waals surface area (Å²) in [5.41, 5.74) is 0. The summed E-state index contributed by atoms with van der Waals surface area (Å²) in [5, 5.41) is 13.3. The fraction of sp³-hybridized carbons (Fsp3) is 0.500. The molecule has 0 bridgehead atoms. The Kier molecular flexibility index (Phi) is 4.74. The highest BCUT2D eigenvalue weighted by Crippen LogP contribution is 2.26. The Balaban J connectivity index is 2.05. The quantitative estimate of drug-likeness (QED) is 0.838. The normalized spacial score (nSPS) is 17.4. The van der Waals surface area contributed by atoms with Crippen molar-refractivity contribution in [1.29, 1.82) is 0 Å². The van der Waals surface area contributed by atoms with Gasteiger partial charge in [0, 0.05) is 17.6 Å². The highest BCUT2D eigenvalue weighted by molar-refractivity contribution is 7.91. The first-order valence-electron chi connectivity index (χ1n) is 5.98. The number of nitrogens with one attached hydrogen (secondary N) is 1. The van der Waals surface area contributed by atoms with E-state index in [0.717, 1.165) is 12.8 Å². The number of halogens is 2. The number of aliphatic hydroxyl groups is 1. The Hall–Kier alpha value is -0.330. The Bertz CT molecular complexity index is 558. The maximum Gasteiger partial charge on any atom is 0.182 e. The molecule has 4 nitrogen and oxygen atoms in total. The van der Waals surface area contributed by atoms with E-state index in [1.54, 1.807) is 0 Å². The van der Waals surface area contributed by atoms with Crippen molar-refractivity contribution >= 4 is 33.0 Å². The second kappa shape index (κ2) is 5.97. The molecular weight excluding hydrogens is 309 g/mol. The largest absolute Gasteiger partial charge is 0.391 e. The van der Waals surface area contributed by atoms with E-state index in [1.807, 2.05) is 0 Å². The molecule has 7 heteroatoms. The van der Waals surface area contributed by atoms with Crippen LogP contribution in [-0.2, 0) is 9.84 Å². The Morgan fingerprint density at radius 2 is 2.05 bits per heavy atom. The molecule has 1 saturated carbocycles. The van der Waals surface area contributed by atoms with Crippen molar-refractivity contribution in [2.75, 3.05) is 12.3 Å². The van der Waals surface area contributed by atoms with E-state index < -0.39 is 15.9 Å². The lowest BCUT2D eigenvalue weighted by molar-refractivity contribution is 0.193. The Labute approximate surface area is 122 Å². The van der Waals surface area contributed by atoms with Crippen LogP contribution in [0.4, 0.5) is 0 Å². The highest BCUT2D eigenvalue weighted by atomic mass is 35.5. The summed E-state index contributed by atoms with van der Waals surface area (Å²) < 4.78 is 24.3. The molecule has 0 saturated heterocycles. The van der Waals surface area contributed by atoms with Gasteiger partial charge in [-0.2, -0.15) is 0 Å². The van der Waals surface area contributed by atoms with E-state index in [1.165, 1.54) is 18.2 Å². The van der Waals surface area contributed by atoms with Gasteiger partial charge in [-0.3, -0.25) is 0 Å². The third-order valence-electron chi connectivity index (χ3n) is 2.86. The van der Waals surface area contributed by atoms with Gasteiger partial charge in [-0.05, 0) is 31.0 Å². The van der Waals surface area contributed by atoms with Crippen LogP contribution in [0.3, 0.4) is 0 Å². The number of benzene rings is 1. The average molecular weight is 324 g/mol. The highest BCUT2D eigenvalue weighted by Gasteiger charge is 2.25. The zero-order chi connectivity index (χ0) is 14.0. The zero-order valence-corrected chi connectivity index (χ0v) is 12.5. The minimum absolute atomic E-state index is 0.0351. The summed E-state index contributed by atoms with van der Waals surface area (Å²) in [6, 6.07) is 4.69. The fourth-order valence-electron chi connectivity index (χ4n) is 1.71. The van der Waals surface area contributed by atoms with Crippen molar-refractivity contribution in [3.05, 3.63) is 28.2 Å². The van der Waals surface area contributed by atoms with E-state index >= 15 is 0 Å². The van der Waals surface area contributed by atoms with E-state index in [4.69, 9.17) is 23.2 Å². The van der Waals surface area contributed by atoms with Gasteiger partial charge in [0.2, 0.25) is 0 Å². The molecule has 0 spiro atoms. The van der Waals surface area contributed by atoms with E-state index in [-0.39, 0.29) is 22.2 Å². The lowest BCUT2D eigenvalue weighted by atomic mass is 10.4. The van der Waals surface area contributed by atoms with Crippen molar-refractivity contribution in [2.24, 2.45) is 0 Å². The molecule has 1 aliphatic carbocycles. The Morgan fingerprint density at radius 1 is 1.37 bits per heavy atom. The molecule has 1 aromatic rings. The lowest BCUT2D eigenvalue weighted by Crippen LogP contribution is -2.33. The van der Waals surface area contributed by atoms with Crippen LogP contribution in [-0.4, -0.2) is 38.0 Å². The van der Waals surface area contributed by atoms with Gasteiger partial charge in [0.25, 0.3) is 0 Å². The van der Waals surface area contributed by atoms with Crippen LogP contribution >= 0.6 is 23.2 Å². The molecule has 1 atom stereocenters. The molecule has 19 heavy (non-hydrogen) atoms. The minimum atomic E-state index is -3.65. The molecule has 0 heterocycles. The third kappa shape index (κ3) is 4.33. The molecular formula is C12H15Cl2NO3S. The van der Waals surface area contributed by atoms with Gasteiger partial charge in [0.05, 0.1) is 21.8 Å². The van der Waals surface area contributed by atoms with Crippen LogP contribution < -0.4 is 5.32 Å². The average Bonchev–Trinajstić information content (AvgIpc) is 3.13. The third-order valence-corrected chi connectivity index (χ3v) is 5.37. The van der Waals surface area contributed by atoms with Crippen LogP contribution in [0, 0.1) is 0 Å². The zero-order valence-electron chi connectivity index (χ0n) is 10.1. The van der Waals surface area contributed by atoms with Crippen LogP contribution in [0.15, 0.2) is 23.1 Å². The van der Waals surface area contributed by atoms with Crippen LogP contribution in [0.25, 0.3) is 0 Å². The van der Waals surface area contributed by atoms with Crippen molar-refractivity contribution in [2.45, 2.75) is 29.9 Å². The number of aliphatic hydroxyl groups excluding tert-OH is 1. The summed E-state index contributed by atoms with van der Waals surface area (Å²) in [6.07, 6.45) is 1.21. The summed E-state index contributed by atoms with van der Waals surface area (Å²) >= 11 is 11.6. The van der Waals surface area contributed by atoms with Crippen molar-refractivity contribution < 1.29 is 13.5 Å². The summed E-state index contributed by atoms with van der Waals surface area (Å²) in [7, 11) is -3.65. The van der Waals surface area contributed by atoms with Gasteiger partial charge in [0.15, 0.2) is 9.84 Å². The van der Waals surface area contributed by atoms with Crippen molar-refractivity contribution in [3.8, 4) is 0 Å². The van der Waals surface area contributed by atoms with E-state index in [2.05, 4.69) is 5.32 Å². The maximum atomic E-state index is 12.1. The monoisotopic (exact) mass is 323 g/mol. The molecule has 2 N–H and O–H groups in total. The molecule has 0 aromatic heterocycles. The lowest BCUT2D eigenvalue weighted by Gasteiger charge is -2.13. The topological polar surface area (TPSA) is 66.4 Å². The standard InChI is InChI=1S/C12H15Cl2NO3S/c13-8-1-4-11(14)12(5-8)19(17,18)7-10(16)6-15-9-2-3-9/h1,4-5,9-10,15-16H,2-3,6-7H2. The van der Waals surface area contributed by atoms with Gasteiger partial charge >= 0.3 is 0 Å². The van der Waals surface area contributed by atoms with E-state index in [9.17, 15) is 13.5 Å². The maximum absolute atomic E-state index is 12.1. The van der Waals surface area contributed by atoms with Gasteiger partial charge in [-0.15, -0.1) is 0 Å². The number of hydrogen-bond acceptors (Lipinski definition) is 4. The SMILES string of the molecule is O=S(=O)(CC(O)CNC1CC1)c1cc(Cl)ccc1Cl. The molecule has 0 radical (unpaired) electrons. The van der Waals surface area contributed by atoms with Crippen LogP contribution in [0.1, 0.15) is 12.8 Å². The number of sulfone groups is 1. The van der Waals surface area contributed by atoms with Crippen molar-refractivity contribution in [1.82, 2.24) is 5.32 Å². The summed E-state index contributed by atoms with van der Waals surface area (Å²) in [6.45, 7) is 0.266. The van der Waals surface area contributed by atoms with Gasteiger partial charge in [0.1, 0.15) is 0 Å². The van der Waals surface area contributed by atoms with Crippen molar-refractivity contribution in [3.63, 3.8) is 0 Å². The molecule has 0 amide bonds. The first-order valence-corrected chi connectivity index (χ1v) is 8.38. The second-order valence-electron chi connectivity index (χ2n) is 4.69. The molecule has 1 aliphatic rings. The molecule has 0 aliphatic heterocycles. The number of rotatable bonds is 6. The number of hydrogen-bond donors (Lipinski definition) is 2. The van der Waals surface area contributed by atoms with Crippen LogP contribution in [0.2, 0.25) is 10.0 Å². The Morgan fingerprint density at radius 3 is 2.68 bits per heavy atom. The van der Waals surface area contributed by atoms with Crippen LogP contribution in [0.5, 0.6) is 0 Å². The molecule has 1 unspecified atom stereocenters.